The summed E-state index contributed by atoms with van der Waals surface area (Å²) in [6, 6.07) is 14.0. The molecule has 1 saturated heterocycles. The molecule has 0 N–H and O–H groups in total. The van der Waals surface area contributed by atoms with Gasteiger partial charge >= 0.3 is 0 Å². The second-order valence-corrected chi connectivity index (χ2v) is 6.28. The van der Waals surface area contributed by atoms with E-state index in [-0.39, 0.29) is 18.5 Å². The molecule has 5 nitrogen and oxygen atoms in total. The summed E-state index contributed by atoms with van der Waals surface area (Å²) in [5.74, 6) is 0.555. The minimum absolute atomic E-state index is 0.0644. The Morgan fingerprint density at radius 3 is 2.60 bits per heavy atom. The van der Waals surface area contributed by atoms with E-state index in [0.29, 0.717) is 35.0 Å². The third-order valence-corrected chi connectivity index (χ3v) is 4.42. The number of hydrogen-bond donors (Lipinski definition) is 0. The molecule has 6 heteroatoms. The SMILES string of the molecule is COc1ccc(C(=O)N(CN2CCCC2=O)c2cccc(Cl)c2)cc1. The zero-order valence-corrected chi connectivity index (χ0v) is 14.7. The van der Waals surface area contributed by atoms with Crippen LogP contribution in [0.5, 0.6) is 5.75 Å². The Kier molecular flexibility index (Phi) is 5.24. The molecule has 0 aromatic heterocycles. The standard InChI is InChI=1S/C19H19ClN2O3/c1-25-17-9-7-14(8-10-17)19(24)22(13-21-11-3-6-18(21)23)16-5-2-4-15(20)12-16/h2,4-5,7-10,12H,3,6,11,13H2,1H3. The molecule has 130 valence electrons. The highest BCUT2D eigenvalue weighted by atomic mass is 35.5. The number of carbonyl (C=O) groups is 2. The molecule has 0 aliphatic carbocycles. The highest BCUT2D eigenvalue weighted by Gasteiger charge is 2.26. The number of halogens is 1. The number of anilines is 1. The average Bonchev–Trinajstić information content (AvgIpc) is 3.04. The van der Waals surface area contributed by atoms with E-state index >= 15 is 0 Å². The first-order chi connectivity index (χ1) is 12.1. The van der Waals surface area contributed by atoms with E-state index in [1.165, 1.54) is 0 Å². The fraction of sp³-hybridized carbons (Fsp3) is 0.263. The predicted octanol–water partition coefficient (Wildman–Crippen LogP) is 3.58. The number of likely N-dealkylation sites (tertiary alicyclic amines) is 1. The first-order valence-electron chi connectivity index (χ1n) is 8.08. The van der Waals surface area contributed by atoms with E-state index in [1.807, 2.05) is 6.07 Å². The molecule has 1 aliphatic heterocycles. The van der Waals surface area contributed by atoms with Crippen LogP contribution in [-0.4, -0.2) is 37.0 Å². The van der Waals surface area contributed by atoms with E-state index in [1.54, 1.807) is 59.4 Å². The van der Waals surface area contributed by atoms with Gasteiger partial charge in [0, 0.05) is 29.2 Å². The summed E-state index contributed by atoms with van der Waals surface area (Å²) in [7, 11) is 1.58. The molecule has 2 amide bonds. The van der Waals surface area contributed by atoms with Gasteiger partial charge < -0.3 is 9.64 Å². The van der Waals surface area contributed by atoms with Crippen LogP contribution in [0, 0.1) is 0 Å². The number of rotatable bonds is 5. The lowest BCUT2D eigenvalue weighted by molar-refractivity contribution is -0.127. The number of hydrogen-bond acceptors (Lipinski definition) is 3. The Hall–Kier alpha value is -2.53. The first kappa shape index (κ1) is 17.3. The molecule has 0 atom stereocenters. The maximum absolute atomic E-state index is 13.1. The van der Waals surface area contributed by atoms with Crippen molar-refractivity contribution < 1.29 is 14.3 Å². The highest BCUT2D eigenvalue weighted by molar-refractivity contribution is 6.31. The maximum Gasteiger partial charge on any atom is 0.259 e. The van der Waals surface area contributed by atoms with E-state index < -0.39 is 0 Å². The van der Waals surface area contributed by atoms with Crippen molar-refractivity contribution in [3.05, 3.63) is 59.1 Å². The van der Waals surface area contributed by atoms with Gasteiger partial charge in [-0.3, -0.25) is 14.5 Å². The number of nitrogens with zero attached hydrogens (tertiary/aromatic N) is 2. The Labute approximate surface area is 151 Å². The van der Waals surface area contributed by atoms with Crippen LogP contribution in [0.4, 0.5) is 5.69 Å². The zero-order chi connectivity index (χ0) is 17.8. The van der Waals surface area contributed by atoms with Crippen LogP contribution in [-0.2, 0) is 4.79 Å². The van der Waals surface area contributed by atoms with Crippen molar-refractivity contribution in [1.29, 1.82) is 0 Å². The van der Waals surface area contributed by atoms with Gasteiger partial charge in [-0.2, -0.15) is 0 Å². The van der Waals surface area contributed by atoms with Gasteiger partial charge in [0.1, 0.15) is 12.4 Å². The minimum Gasteiger partial charge on any atom is -0.497 e. The molecule has 25 heavy (non-hydrogen) atoms. The molecule has 1 fully saturated rings. The van der Waals surface area contributed by atoms with Crippen LogP contribution in [0.25, 0.3) is 0 Å². The molecule has 0 saturated carbocycles. The Morgan fingerprint density at radius 2 is 2.00 bits per heavy atom. The molecule has 0 spiro atoms. The van der Waals surface area contributed by atoms with Gasteiger partial charge in [-0.1, -0.05) is 17.7 Å². The molecule has 0 unspecified atom stereocenters. The van der Waals surface area contributed by atoms with Gasteiger partial charge in [-0.05, 0) is 48.9 Å². The summed E-state index contributed by atoms with van der Waals surface area (Å²) >= 11 is 6.09. The van der Waals surface area contributed by atoms with Gasteiger partial charge in [0.25, 0.3) is 5.91 Å². The number of benzene rings is 2. The van der Waals surface area contributed by atoms with E-state index in [0.717, 1.165) is 6.42 Å². The van der Waals surface area contributed by atoms with Crippen LogP contribution in [0.15, 0.2) is 48.5 Å². The molecule has 3 rings (SSSR count). The van der Waals surface area contributed by atoms with Crippen LogP contribution >= 0.6 is 11.6 Å². The third-order valence-electron chi connectivity index (χ3n) is 4.19. The summed E-state index contributed by atoms with van der Waals surface area (Å²) in [5.41, 5.74) is 1.18. The van der Waals surface area contributed by atoms with Crippen molar-refractivity contribution in [2.24, 2.45) is 0 Å². The lowest BCUT2D eigenvalue weighted by Gasteiger charge is -2.28. The van der Waals surface area contributed by atoms with Gasteiger partial charge in [0.15, 0.2) is 0 Å². The van der Waals surface area contributed by atoms with E-state index in [4.69, 9.17) is 16.3 Å². The van der Waals surface area contributed by atoms with Crippen LogP contribution in [0.2, 0.25) is 5.02 Å². The summed E-state index contributed by atoms with van der Waals surface area (Å²) in [6.45, 7) is 0.871. The maximum atomic E-state index is 13.1. The number of carbonyl (C=O) groups excluding carboxylic acids is 2. The smallest absolute Gasteiger partial charge is 0.259 e. The van der Waals surface area contributed by atoms with Crippen molar-refractivity contribution in [3.63, 3.8) is 0 Å². The van der Waals surface area contributed by atoms with Crippen molar-refractivity contribution in [2.75, 3.05) is 25.2 Å². The van der Waals surface area contributed by atoms with Crippen molar-refractivity contribution in [1.82, 2.24) is 4.90 Å². The molecule has 0 bridgehead atoms. The highest BCUT2D eigenvalue weighted by Crippen LogP contribution is 2.24. The summed E-state index contributed by atoms with van der Waals surface area (Å²) in [4.78, 5) is 28.3. The largest absolute Gasteiger partial charge is 0.497 e. The van der Waals surface area contributed by atoms with E-state index in [9.17, 15) is 9.59 Å². The Bertz CT molecular complexity index is 776. The summed E-state index contributed by atoms with van der Waals surface area (Å²) < 4.78 is 5.14. The van der Waals surface area contributed by atoms with Gasteiger partial charge in [-0.15, -0.1) is 0 Å². The Balaban J connectivity index is 1.91. The summed E-state index contributed by atoms with van der Waals surface area (Å²) in [6.07, 6.45) is 1.35. The quantitative estimate of drug-likeness (QED) is 0.821. The fourth-order valence-corrected chi connectivity index (χ4v) is 3.01. The van der Waals surface area contributed by atoms with Gasteiger partial charge in [0.2, 0.25) is 5.91 Å². The summed E-state index contributed by atoms with van der Waals surface area (Å²) in [5, 5.41) is 0.540. The second kappa shape index (κ2) is 7.57. The molecular weight excluding hydrogens is 340 g/mol. The molecule has 2 aromatic carbocycles. The predicted molar refractivity (Wildman–Crippen MR) is 97.1 cm³/mol. The lowest BCUT2D eigenvalue weighted by atomic mass is 10.1. The first-order valence-corrected chi connectivity index (χ1v) is 8.45. The van der Waals surface area contributed by atoms with Crippen molar-refractivity contribution in [3.8, 4) is 5.75 Å². The molecule has 1 aliphatic rings. The third kappa shape index (κ3) is 3.94. The lowest BCUT2D eigenvalue weighted by Crippen LogP contribution is -2.42. The normalized spacial score (nSPS) is 13.8. The second-order valence-electron chi connectivity index (χ2n) is 5.84. The zero-order valence-electron chi connectivity index (χ0n) is 13.9. The molecule has 0 radical (unpaired) electrons. The van der Waals surface area contributed by atoms with Crippen molar-refractivity contribution >= 4 is 29.1 Å². The molecule has 2 aromatic rings. The van der Waals surface area contributed by atoms with Gasteiger partial charge in [0.05, 0.1) is 7.11 Å². The average molecular weight is 359 g/mol. The van der Waals surface area contributed by atoms with E-state index in [2.05, 4.69) is 0 Å². The van der Waals surface area contributed by atoms with Gasteiger partial charge in [-0.25, -0.2) is 0 Å². The monoisotopic (exact) mass is 358 g/mol. The number of methoxy groups -OCH3 is 1. The number of ether oxygens (including phenoxy) is 1. The number of amides is 2. The van der Waals surface area contributed by atoms with Crippen LogP contribution < -0.4 is 9.64 Å². The van der Waals surface area contributed by atoms with Crippen molar-refractivity contribution in [2.45, 2.75) is 12.8 Å². The Morgan fingerprint density at radius 1 is 1.24 bits per heavy atom. The van der Waals surface area contributed by atoms with Crippen LogP contribution in [0.1, 0.15) is 23.2 Å². The molecular formula is C19H19ClN2O3. The fourth-order valence-electron chi connectivity index (χ4n) is 2.82. The minimum atomic E-state index is -0.190. The molecule has 1 heterocycles. The topological polar surface area (TPSA) is 49.9 Å². The van der Waals surface area contributed by atoms with Crippen LogP contribution in [0.3, 0.4) is 0 Å².